The Labute approximate surface area is 94.4 Å². The third-order valence-corrected chi connectivity index (χ3v) is 2.73. The molecular formula is C10H14Cl2N2. The lowest BCUT2D eigenvalue weighted by Gasteiger charge is -2.11. The molecule has 0 fully saturated rings. The van der Waals surface area contributed by atoms with Crippen LogP contribution in [0.15, 0.2) is 18.2 Å². The SMILES string of the molecule is CC(CN)NCc1ccc(Cl)c(Cl)c1. The summed E-state index contributed by atoms with van der Waals surface area (Å²) in [5.74, 6) is 0. The van der Waals surface area contributed by atoms with E-state index in [1.165, 1.54) is 0 Å². The quantitative estimate of drug-likeness (QED) is 0.838. The Bertz CT molecular complexity index is 302. The van der Waals surface area contributed by atoms with Crippen LogP contribution in [0.3, 0.4) is 0 Å². The van der Waals surface area contributed by atoms with Crippen LogP contribution in [0.5, 0.6) is 0 Å². The first-order valence-corrected chi connectivity index (χ1v) is 5.26. The summed E-state index contributed by atoms with van der Waals surface area (Å²) in [4.78, 5) is 0. The fourth-order valence-corrected chi connectivity index (χ4v) is 1.35. The van der Waals surface area contributed by atoms with Gasteiger partial charge in [0.25, 0.3) is 0 Å². The number of halogens is 2. The molecule has 4 heteroatoms. The van der Waals surface area contributed by atoms with Gasteiger partial charge in [-0.25, -0.2) is 0 Å². The minimum atomic E-state index is 0.310. The molecule has 1 atom stereocenters. The highest BCUT2D eigenvalue weighted by Gasteiger charge is 2.01. The molecule has 0 aliphatic rings. The molecule has 78 valence electrons. The summed E-state index contributed by atoms with van der Waals surface area (Å²) in [5.41, 5.74) is 6.59. The smallest absolute Gasteiger partial charge is 0.0595 e. The molecule has 1 rings (SSSR count). The highest BCUT2D eigenvalue weighted by molar-refractivity contribution is 6.42. The molecular weight excluding hydrogens is 219 g/mol. The van der Waals surface area contributed by atoms with E-state index in [1.54, 1.807) is 6.07 Å². The number of hydrogen-bond acceptors (Lipinski definition) is 2. The van der Waals surface area contributed by atoms with Crippen molar-refractivity contribution >= 4 is 23.2 Å². The standard InChI is InChI=1S/C10H14Cl2N2/c1-7(5-13)14-6-8-2-3-9(11)10(12)4-8/h2-4,7,14H,5-6,13H2,1H3. The zero-order valence-electron chi connectivity index (χ0n) is 8.06. The number of hydrogen-bond donors (Lipinski definition) is 2. The van der Waals surface area contributed by atoms with Crippen LogP contribution < -0.4 is 11.1 Å². The second-order valence-corrected chi connectivity index (χ2v) is 4.08. The highest BCUT2D eigenvalue weighted by atomic mass is 35.5. The Morgan fingerprint density at radius 1 is 1.36 bits per heavy atom. The van der Waals surface area contributed by atoms with Crippen LogP contribution in [0, 0.1) is 0 Å². The molecule has 2 nitrogen and oxygen atoms in total. The molecule has 3 N–H and O–H groups in total. The van der Waals surface area contributed by atoms with Gasteiger partial charge in [0.15, 0.2) is 0 Å². The van der Waals surface area contributed by atoms with Crippen molar-refractivity contribution in [2.45, 2.75) is 19.5 Å². The molecule has 0 heterocycles. The van der Waals surface area contributed by atoms with Gasteiger partial charge >= 0.3 is 0 Å². The minimum Gasteiger partial charge on any atom is -0.329 e. The molecule has 1 aromatic rings. The van der Waals surface area contributed by atoms with E-state index in [0.29, 0.717) is 22.6 Å². The zero-order valence-corrected chi connectivity index (χ0v) is 9.57. The molecule has 1 aromatic carbocycles. The Kier molecular flexibility index (Phi) is 4.69. The molecule has 0 amide bonds. The van der Waals surface area contributed by atoms with Crippen molar-refractivity contribution in [1.29, 1.82) is 0 Å². The zero-order chi connectivity index (χ0) is 10.6. The van der Waals surface area contributed by atoms with Gasteiger partial charge in [-0.2, -0.15) is 0 Å². The van der Waals surface area contributed by atoms with E-state index in [-0.39, 0.29) is 0 Å². The lowest BCUT2D eigenvalue weighted by Crippen LogP contribution is -2.32. The molecule has 0 aliphatic carbocycles. The Morgan fingerprint density at radius 3 is 2.64 bits per heavy atom. The van der Waals surface area contributed by atoms with Crippen molar-refractivity contribution in [3.63, 3.8) is 0 Å². The molecule has 0 spiro atoms. The summed E-state index contributed by atoms with van der Waals surface area (Å²) < 4.78 is 0. The largest absolute Gasteiger partial charge is 0.329 e. The van der Waals surface area contributed by atoms with E-state index >= 15 is 0 Å². The molecule has 0 radical (unpaired) electrons. The van der Waals surface area contributed by atoms with Gasteiger partial charge in [0.1, 0.15) is 0 Å². The van der Waals surface area contributed by atoms with E-state index in [4.69, 9.17) is 28.9 Å². The van der Waals surface area contributed by atoms with Crippen LogP contribution in [0.25, 0.3) is 0 Å². The van der Waals surface area contributed by atoms with Crippen LogP contribution in [-0.4, -0.2) is 12.6 Å². The third-order valence-electron chi connectivity index (χ3n) is 1.99. The molecule has 1 unspecified atom stereocenters. The summed E-state index contributed by atoms with van der Waals surface area (Å²) in [6, 6.07) is 5.92. The average Bonchev–Trinajstić information content (AvgIpc) is 2.19. The minimum absolute atomic E-state index is 0.310. The van der Waals surface area contributed by atoms with Gasteiger partial charge in [0, 0.05) is 19.1 Å². The predicted octanol–water partition coefficient (Wildman–Crippen LogP) is 2.43. The third kappa shape index (κ3) is 3.46. The fraction of sp³-hybridized carbons (Fsp3) is 0.400. The molecule has 0 saturated carbocycles. The van der Waals surface area contributed by atoms with E-state index in [9.17, 15) is 0 Å². The van der Waals surface area contributed by atoms with Crippen molar-refractivity contribution in [3.05, 3.63) is 33.8 Å². The summed E-state index contributed by atoms with van der Waals surface area (Å²) in [7, 11) is 0. The average molecular weight is 233 g/mol. The maximum absolute atomic E-state index is 5.88. The maximum atomic E-state index is 5.88. The van der Waals surface area contributed by atoms with Gasteiger partial charge in [0.2, 0.25) is 0 Å². The van der Waals surface area contributed by atoms with Crippen LogP contribution in [-0.2, 0) is 6.54 Å². The number of rotatable bonds is 4. The monoisotopic (exact) mass is 232 g/mol. The molecule has 0 aromatic heterocycles. The normalized spacial score (nSPS) is 12.9. The first-order chi connectivity index (χ1) is 6.63. The topological polar surface area (TPSA) is 38.0 Å². The van der Waals surface area contributed by atoms with E-state index in [0.717, 1.165) is 12.1 Å². The van der Waals surface area contributed by atoms with E-state index in [1.807, 2.05) is 19.1 Å². The Balaban J connectivity index is 2.55. The predicted molar refractivity (Wildman–Crippen MR) is 61.8 cm³/mol. The van der Waals surface area contributed by atoms with Crippen molar-refractivity contribution < 1.29 is 0 Å². The summed E-state index contributed by atoms with van der Waals surface area (Å²) in [5, 5.41) is 4.44. The van der Waals surface area contributed by atoms with Gasteiger partial charge in [0.05, 0.1) is 10.0 Å². The summed E-state index contributed by atoms with van der Waals surface area (Å²) in [6.07, 6.45) is 0. The Morgan fingerprint density at radius 2 is 2.07 bits per heavy atom. The maximum Gasteiger partial charge on any atom is 0.0595 e. The summed E-state index contributed by atoms with van der Waals surface area (Å²) in [6.45, 7) is 3.42. The number of nitrogens with one attached hydrogen (secondary N) is 1. The first kappa shape index (κ1) is 11.8. The second kappa shape index (κ2) is 5.56. The Hall–Kier alpha value is -0.280. The van der Waals surface area contributed by atoms with Gasteiger partial charge in [-0.1, -0.05) is 29.3 Å². The van der Waals surface area contributed by atoms with Crippen LogP contribution >= 0.6 is 23.2 Å². The summed E-state index contributed by atoms with van der Waals surface area (Å²) >= 11 is 11.7. The second-order valence-electron chi connectivity index (χ2n) is 3.27. The van der Waals surface area contributed by atoms with Crippen LogP contribution in [0.4, 0.5) is 0 Å². The van der Waals surface area contributed by atoms with Crippen molar-refractivity contribution in [2.24, 2.45) is 5.73 Å². The first-order valence-electron chi connectivity index (χ1n) is 4.51. The molecule has 14 heavy (non-hydrogen) atoms. The van der Waals surface area contributed by atoms with Crippen molar-refractivity contribution in [2.75, 3.05) is 6.54 Å². The van der Waals surface area contributed by atoms with Gasteiger partial charge in [-0.05, 0) is 24.6 Å². The molecule has 0 aliphatic heterocycles. The van der Waals surface area contributed by atoms with Crippen LogP contribution in [0.2, 0.25) is 10.0 Å². The van der Waals surface area contributed by atoms with Gasteiger partial charge in [-0.3, -0.25) is 0 Å². The number of nitrogens with two attached hydrogens (primary N) is 1. The highest BCUT2D eigenvalue weighted by Crippen LogP contribution is 2.22. The molecule has 0 saturated heterocycles. The van der Waals surface area contributed by atoms with E-state index < -0.39 is 0 Å². The van der Waals surface area contributed by atoms with Crippen LogP contribution in [0.1, 0.15) is 12.5 Å². The fourth-order valence-electron chi connectivity index (χ4n) is 1.03. The molecule has 0 bridgehead atoms. The number of benzene rings is 1. The van der Waals surface area contributed by atoms with E-state index in [2.05, 4.69) is 5.32 Å². The van der Waals surface area contributed by atoms with Crippen molar-refractivity contribution in [1.82, 2.24) is 5.32 Å². The van der Waals surface area contributed by atoms with Gasteiger partial charge in [-0.15, -0.1) is 0 Å². The lowest BCUT2D eigenvalue weighted by atomic mass is 10.2. The van der Waals surface area contributed by atoms with Gasteiger partial charge < -0.3 is 11.1 Å². The lowest BCUT2D eigenvalue weighted by molar-refractivity contribution is 0.556. The van der Waals surface area contributed by atoms with Crippen molar-refractivity contribution in [3.8, 4) is 0 Å².